The van der Waals surface area contributed by atoms with Gasteiger partial charge in [0.05, 0.1) is 5.56 Å². The van der Waals surface area contributed by atoms with Crippen LogP contribution in [0.3, 0.4) is 0 Å². The molecule has 4 nitrogen and oxygen atoms in total. The Morgan fingerprint density at radius 2 is 1.78 bits per heavy atom. The minimum absolute atomic E-state index is 0.205. The van der Waals surface area contributed by atoms with Crippen molar-refractivity contribution >= 4 is 27.5 Å². The number of anilines is 1. The number of nitrogens with zero attached hydrogens (tertiary/aromatic N) is 1. The van der Waals surface area contributed by atoms with Crippen LogP contribution < -0.4 is 10.9 Å². The molecule has 2 heterocycles. The Balaban J connectivity index is 1.75. The van der Waals surface area contributed by atoms with E-state index in [0.717, 1.165) is 22.9 Å². The third-order valence-electron chi connectivity index (χ3n) is 4.36. The molecule has 0 amide bonds. The molecule has 0 fully saturated rings. The summed E-state index contributed by atoms with van der Waals surface area (Å²) < 4.78 is 38.7. The molecule has 4 rings (SSSR count). The summed E-state index contributed by atoms with van der Waals surface area (Å²) in [5.74, 6) is 0. The van der Waals surface area contributed by atoms with Gasteiger partial charge in [-0.05, 0) is 29.8 Å². The number of hydrogen-bond donors (Lipinski definition) is 2. The topological polar surface area (TPSA) is 57.8 Å². The quantitative estimate of drug-likeness (QED) is 0.515. The Morgan fingerprint density at radius 3 is 2.56 bits per heavy atom. The summed E-state index contributed by atoms with van der Waals surface area (Å²) >= 11 is 0. The summed E-state index contributed by atoms with van der Waals surface area (Å²) in [6.07, 6.45) is -2.84. The molecule has 4 aromatic rings. The standard InChI is InChI=1S/C20H14F3N3O/c21-20(22,23)13-5-3-4-12(10-13)11-25-16-8-9-24-18-17(16)14-6-1-2-7-15(14)19(27)26-18/h1-10H,11H2,(H2,24,25,26,27). The lowest BCUT2D eigenvalue weighted by atomic mass is 10.1. The summed E-state index contributed by atoms with van der Waals surface area (Å²) in [4.78, 5) is 19.1. The van der Waals surface area contributed by atoms with Crippen LogP contribution in [-0.4, -0.2) is 9.97 Å². The predicted octanol–water partition coefficient (Wildman–Crippen LogP) is 4.71. The number of rotatable bonds is 3. The number of aromatic nitrogens is 2. The van der Waals surface area contributed by atoms with Crippen LogP contribution in [0.4, 0.5) is 18.9 Å². The molecule has 2 aromatic carbocycles. The number of nitrogens with one attached hydrogen (secondary N) is 2. The molecule has 0 radical (unpaired) electrons. The second-order valence-corrected chi connectivity index (χ2v) is 6.13. The molecule has 0 aliphatic heterocycles. The first kappa shape index (κ1) is 17.1. The van der Waals surface area contributed by atoms with Gasteiger partial charge in [-0.2, -0.15) is 13.2 Å². The zero-order chi connectivity index (χ0) is 19.0. The van der Waals surface area contributed by atoms with Crippen LogP contribution in [0.15, 0.2) is 65.6 Å². The van der Waals surface area contributed by atoms with Gasteiger partial charge in [-0.1, -0.05) is 30.3 Å². The lowest BCUT2D eigenvalue weighted by molar-refractivity contribution is -0.137. The fraction of sp³-hybridized carbons (Fsp3) is 0.100. The molecule has 0 bridgehead atoms. The summed E-state index contributed by atoms with van der Waals surface area (Å²) in [6, 6.07) is 14.1. The summed E-state index contributed by atoms with van der Waals surface area (Å²) in [5, 5.41) is 5.15. The highest BCUT2D eigenvalue weighted by Gasteiger charge is 2.30. The van der Waals surface area contributed by atoms with Gasteiger partial charge in [-0.25, -0.2) is 4.98 Å². The summed E-state index contributed by atoms with van der Waals surface area (Å²) in [6.45, 7) is 0.205. The Bertz CT molecular complexity index is 1200. The van der Waals surface area contributed by atoms with Crippen LogP contribution in [0.25, 0.3) is 21.8 Å². The Hall–Kier alpha value is -3.35. The molecule has 0 aliphatic rings. The maximum absolute atomic E-state index is 12.9. The van der Waals surface area contributed by atoms with Gasteiger partial charge in [0.15, 0.2) is 0 Å². The number of alkyl halides is 3. The van der Waals surface area contributed by atoms with E-state index in [1.165, 1.54) is 6.07 Å². The first-order chi connectivity index (χ1) is 12.9. The number of H-pyrrole nitrogens is 1. The Morgan fingerprint density at radius 1 is 1.00 bits per heavy atom. The van der Waals surface area contributed by atoms with Gasteiger partial charge in [0.1, 0.15) is 5.65 Å². The van der Waals surface area contributed by atoms with E-state index >= 15 is 0 Å². The van der Waals surface area contributed by atoms with E-state index < -0.39 is 11.7 Å². The van der Waals surface area contributed by atoms with Crippen LogP contribution in [0.5, 0.6) is 0 Å². The van der Waals surface area contributed by atoms with Crippen molar-refractivity contribution < 1.29 is 13.2 Å². The Labute approximate surface area is 151 Å². The van der Waals surface area contributed by atoms with Gasteiger partial charge in [0, 0.05) is 34.6 Å². The molecule has 136 valence electrons. The molecule has 0 saturated carbocycles. The number of pyridine rings is 2. The summed E-state index contributed by atoms with van der Waals surface area (Å²) in [7, 11) is 0. The van der Waals surface area contributed by atoms with Crippen molar-refractivity contribution in [1.29, 1.82) is 0 Å². The molecule has 0 unspecified atom stereocenters. The van der Waals surface area contributed by atoms with Gasteiger partial charge in [-0.3, -0.25) is 4.79 Å². The fourth-order valence-electron chi connectivity index (χ4n) is 3.11. The minimum Gasteiger partial charge on any atom is -0.380 e. The van der Waals surface area contributed by atoms with E-state index in [-0.39, 0.29) is 12.1 Å². The van der Waals surface area contributed by atoms with E-state index in [4.69, 9.17) is 0 Å². The number of fused-ring (bicyclic) bond motifs is 3. The third kappa shape index (κ3) is 3.23. The first-order valence-electron chi connectivity index (χ1n) is 8.23. The molecular weight excluding hydrogens is 355 g/mol. The zero-order valence-electron chi connectivity index (χ0n) is 14.0. The van der Waals surface area contributed by atoms with Crippen molar-refractivity contribution in [2.24, 2.45) is 0 Å². The van der Waals surface area contributed by atoms with Crippen molar-refractivity contribution in [3.8, 4) is 0 Å². The number of benzene rings is 2. The normalized spacial score (nSPS) is 11.8. The molecule has 0 saturated heterocycles. The van der Waals surface area contributed by atoms with Gasteiger partial charge in [-0.15, -0.1) is 0 Å². The second-order valence-electron chi connectivity index (χ2n) is 6.13. The van der Waals surface area contributed by atoms with Crippen molar-refractivity contribution in [3.05, 3.63) is 82.3 Å². The third-order valence-corrected chi connectivity index (χ3v) is 4.36. The molecule has 7 heteroatoms. The average Bonchev–Trinajstić information content (AvgIpc) is 2.66. The summed E-state index contributed by atoms with van der Waals surface area (Å²) in [5.41, 5.74) is 0.693. The van der Waals surface area contributed by atoms with Gasteiger partial charge in [0.25, 0.3) is 5.56 Å². The number of aromatic amines is 1. The van der Waals surface area contributed by atoms with E-state index in [1.54, 1.807) is 30.5 Å². The zero-order valence-corrected chi connectivity index (χ0v) is 14.0. The lowest BCUT2D eigenvalue weighted by Crippen LogP contribution is -2.09. The van der Waals surface area contributed by atoms with Crippen LogP contribution in [0.1, 0.15) is 11.1 Å². The largest absolute Gasteiger partial charge is 0.416 e. The smallest absolute Gasteiger partial charge is 0.380 e. The highest BCUT2D eigenvalue weighted by atomic mass is 19.4. The molecule has 0 aliphatic carbocycles. The van der Waals surface area contributed by atoms with Crippen LogP contribution in [0, 0.1) is 0 Å². The number of halogens is 3. The van der Waals surface area contributed by atoms with E-state index in [0.29, 0.717) is 22.3 Å². The van der Waals surface area contributed by atoms with Gasteiger partial charge >= 0.3 is 6.18 Å². The first-order valence-corrected chi connectivity index (χ1v) is 8.23. The van der Waals surface area contributed by atoms with Crippen LogP contribution in [-0.2, 0) is 12.7 Å². The molecule has 27 heavy (non-hydrogen) atoms. The highest BCUT2D eigenvalue weighted by Crippen LogP contribution is 2.30. The lowest BCUT2D eigenvalue weighted by Gasteiger charge is -2.13. The van der Waals surface area contributed by atoms with Gasteiger partial charge < -0.3 is 10.3 Å². The minimum atomic E-state index is -4.38. The van der Waals surface area contributed by atoms with E-state index in [2.05, 4.69) is 15.3 Å². The Kier molecular flexibility index (Phi) is 4.07. The predicted molar refractivity (Wildman–Crippen MR) is 98.6 cm³/mol. The number of hydrogen-bond acceptors (Lipinski definition) is 3. The maximum Gasteiger partial charge on any atom is 0.416 e. The molecule has 2 aromatic heterocycles. The maximum atomic E-state index is 12.9. The van der Waals surface area contributed by atoms with Gasteiger partial charge in [0.2, 0.25) is 0 Å². The van der Waals surface area contributed by atoms with E-state index in [1.807, 2.05) is 12.1 Å². The SMILES string of the molecule is O=c1[nH]c2nccc(NCc3cccc(C(F)(F)F)c3)c2c2ccccc12. The molecule has 0 spiro atoms. The molecule has 2 N–H and O–H groups in total. The van der Waals surface area contributed by atoms with Crippen LogP contribution >= 0.6 is 0 Å². The van der Waals surface area contributed by atoms with E-state index in [9.17, 15) is 18.0 Å². The van der Waals surface area contributed by atoms with Crippen molar-refractivity contribution in [1.82, 2.24) is 9.97 Å². The van der Waals surface area contributed by atoms with Crippen LogP contribution in [0.2, 0.25) is 0 Å². The fourth-order valence-corrected chi connectivity index (χ4v) is 3.11. The van der Waals surface area contributed by atoms with Crippen molar-refractivity contribution in [2.45, 2.75) is 12.7 Å². The molecule has 0 atom stereocenters. The van der Waals surface area contributed by atoms with Crippen molar-refractivity contribution in [2.75, 3.05) is 5.32 Å². The van der Waals surface area contributed by atoms with Crippen molar-refractivity contribution in [3.63, 3.8) is 0 Å². The molecular formula is C20H14F3N3O. The average molecular weight is 369 g/mol. The highest BCUT2D eigenvalue weighted by molar-refractivity contribution is 6.10. The second kappa shape index (κ2) is 6.42. The monoisotopic (exact) mass is 369 g/mol.